The molecule has 15 heavy (non-hydrogen) atoms. The zero-order valence-corrected chi connectivity index (χ0v) is 9.45. The van der Waals surface area contributed by atoms with Crippen molar-refractivity contribution in [2.75, 3.05) is 6.26 Å². The van der Waals surface area contributed by atoms with Crippen LogP contribution in [0.15, 0.2) is 29.2 Å². The van der Waals surface area contributed by atoms with Crippen LogP contribution in [-0.2, 0) is 22.2 Å². The molecular weight excluding hydrogens is 216 g/mol. The second kappa shape index (κ2) is 7.14. The van der Waals surface area contributed by atoms with Gasteiger partial charge in [-0.1, -0.05) is 12.1 Å². The van der Waals surface area contributed by atoms with E-state index in [9.17, 15) is 4.21 Å². The summed E-state index contributed by atoms with van der Waals surface area (Å²) in [5.41, 5.74) is 0.846. The highest BCUT2D eigenvalue weighted by atomic mass is 32.2. The standard InChI is InChI=1S/C8H10O2S.C2H4O2/c1-11(10)8-4-2-7(6-9)3-5-8;1-2(3)4/h2-5,9H,6H2,1H3;1H3,(H,3,4). The highest BCUT2D eigenvalue weighted by Crippen LogP contribution is 2.06. The van der Waals surface area contributed by atoms with Crippen LogP contribution in [0.5, 0.6) is 0 Å². The van der Waals surface area contributed by atoms with Gasteiger partial charge in [0, 0.05) is 28.9 Å². The molecule has 0 amide bonds. The van der Waals surface area contributed by atoms with Gasteiger partial charge < -0.3 is 10.2 Å². The molecule has 0 bridgehead atoms. The van der Waals surface area contributed by atoms with Crippen LogP contribution in [-0.4, -0.2) is 26.6 Å². The molecule has 0 heterocycles. The van der Waals surface area contributed by atoms with Crippen LogP contribution in [0.1, 0.15) is 12.5 Å². The third-order valence-corrected chi connectivity index (χ3v) is 2.37. The lowest BCUT2D eigenvalue weighted by molar-refractivity contribution is -0.134. The average molecular weight is 230 g/mol. The Balaban J connectivity index is 0.000000423. The third-order valence-electron chi connectivity index (χ3n) is 1.44. The molecule has 5 heteroatoms. The number of aliphatic hydroxyl groups is 1. The summed E-state index contributed by atoms with van der Waals surface area (Å²) >= 11 is 0. The first-order chi connectivity index (χ1) is 6.97. The summed E-state index contributed by atoms with van der Waals surface area (Å²) in [4.78, 5) is 9.79. The molecule has 1 rings (SSSR count). The van der Waals surface area contributed by atoms with Crippen LogP contribution in [0.2, 0.25) is 0 Å². The van der Waals surface area contributed by atoms with Crippen molar-refractivity contribution < 1.29 is 19.2 Å². The van der Waals surface area contributed by atoms with E-state index in [1.54, 1.807) is 30.5 Å². The molecule has 0 spiro atoms. The summed E-state index contributed by atoms with van der Waals surface area (Å²) in [5, 5.41) is 16.1. The van der Waals surface area contributed by atoms with Crippen molar-refractivity contribution in [1.82, 2.24) is 0 Å². The summed E-state index contributed by atoms with van der Waals surface area (Å²) in [6.07, 6.45) is 1.63. The fourth-order valence-corrected chi connectivity index (χ4v) is 1.31. The Labute approximate surface area is 91.0 Å². The second-order valence-electron chi connectivity index (χ2n) is 2.78. The largest absolute Gasteiger partial charge is 0.481 e. The van der Waals surface area contributed by atoms with E-state index in [0.29, 0.717) is 0 Å². The van der Waals surface area contributed by atoms with Crippen molar-refractivity contribution in [2.24, 2.45) is 0 Å². The van der Waals surface area contributed by atoms with Gasteiger partial charge >= 0.3 is 0 Å². The molecule has 0 aliphatic carbocycles. The van der Waals surface area contributed by atoms with Gasteiger partial charge in [-0.05, 0) is 17.7 Å². The lowest BCUT2D eigenvalue weighted by atomic mass is 10.2. The van der Waals surface area contributed by atoms with E-state index in [-0.39, 0.29) is 6.61 Å². The van der Waals surface area contributed by atoms with Crippen molar-refractivity contribution in [3.8, 4) is 0 Å². The number of aliphatic hydroxyl groups excluding tert-OH is 1. The van der Waals surface area contributed by atoms with E-state index >= 15 is 0 Å². The zero-order valence-electron chi connectivity index (χ0n) is 8.64. The van der Waals surface area contributed by atoms with E-state index in [1.807, 2.05) is 0 Å². The summed E-state index contributed by atoms with van der Waals surface area (Å²) in [6.45, 7) is 1.12. The van der Waals surface area contributed by atoms with Gasteiger partial charge in [0.1, 0.15) is 0 Å². The molecule has 0 saturated heterocycles. The summed E-state index contributed by atoms with van der Waals surface area (Å²) in [7, 11) is -0.921. The Morgan fingerprint density at radius 3 is 2.00 bits per heavy atom. The number of carbonyl (C=O) groups is 1. The fourth-order valence-electron chi connectivity index (χ4n) is 0.787. The van der Waals surface area contributed by atoms with Crippen LogP contribution >= 0.6 is 0 Å². The van der Waals surface area contributed by atoms with Gasteiger partial charge in [0.2, 0.25) is 0 Å². The van der Waals surface area contributed by atoms with Gasteiger partial charge in [-0.25, -0.2) is 0 Å². The molecule has 1 aromatic rings. The summed E-state index contributed by atoms with van der Waals surface area (Å²) in [5.74, 6) is -0.833. The van der Waals surface area contributed by atoms with Gasteiger partial charge in [0.15, 0.2) is 0 Å². The average Bonchev–Trinajstić information content (AvgIpc) is 2.17. The quantitative estimate of drug-likeness (QED) is 0.795. The first-order valence-electron chi connectivity index (χ1n) is 4.20. The van der Waals surface area contributed by atoms with Gasteiger partial charge in [0.25, 0.3) is 5.97 Å². The van der Waals surface area contributed by atoms with E-state index in [1.165, 1.54) is 0 Å². The molecule has 0 saturated carbocycles. The predicted molar refractivity (Wildman–Crippen MR) is 58.0 cm³/mol. The first-order valence-corrected chi connectivity index (χ1v) is 5.76. The maximum Gasteiger partial charge on any atom is 0.300 e. The molecule has 1 atom stereocenters. The number of hydrogen-bond acceptors (Lipinski definition) is 3. The molecule has 0 aliphatic heterocycles. The van der Waals surface area contributed by atoms with Crippen molar-refractivity contribution in [3.63, 3.8) is 0 Å². The lowest BCUT2D eigenvalue weighted by Crippen LogP contribution is -1.88. The molecular formula is C10H14O4S. The highest BCUT2D eigenvalue weighted by Gasteiger charge is 1.95. The summed E-state index contributed by atoms with van der Waals surface area (Å²) in [6, 6.07) is 7.08. The topological polar surface area (TPSA) is 74.6 Å². The van der Waals surface area contributed by atoms with Gasteiger partial charge in [-0.15, -0.1) is 0 Å². The number of benzene rings is 1. The number of hydrogen-bond donors (Lipinski definition) is 2. The minimum atomic E-state index is -0.921. The van der Waals surface area contributed by atoms with Crippen LogP contribution in [0, 0.1) is 0 Å². The van der Waals surface area contributed by atoms with Crippen LogP contribution in [0.4, 0.5) is 0 Å². The Kier molecular flexibility index (Phi) is 6.57. The fraction of sp³-hybridized carbons (Fsp3) is 0.300. The minimum absolute atomic E-state index is 0.0383. The Hall–Kier alpha value is -1.20. The first kappa shape index (κ1) is 13.8. The molecule has 1 aromatic carbocycles. The maximum atomic E-state index is 10.9. The molecule has 0 aliphatic rings. The Morgan fingerprint density at radius 2 is 1.73 bits per heavy atom. The van der Waals surface area contributed by atoms with Crippen molar-refractivity contribution in [3.05, 3.63) is 29.8 Å². The number of rotatable bonds is 2. The van der Waals surface area contributed by atoms with Crippen LogP contribution in [0.3, 0.4) is 0 Å². The van der Waals surface area contributed by atoms with Gasteiger partial charge in [-0.3, -0.25) is 9.00 Å². The molecule has 1 unspecified atom stereocenters. The van der Waals surface area contributed by atoms with Crippen LogP contribution < -0.4 is 0 Å². The Morgan fingerprint density at radius 1 is 1.33 bits per heavy atom. The van der Waals surface area contributed by atoms with Gasteiger partial charge in [0.05, 0.1) is 6.61 Å². The zero-order chi connectivity index (χ0) is 11.8. The van der Waals surface area contributed by atoms with Gasteiger partial charge in [-0.2, -0.15) is 0 Å². The number of aliphatic carboxylic acids is 1. The summed E-state index contributed by atoms with van der Waals surface area (Å²) < 4.78 is 10.9. The maximum absolute atomic E-state index is 10.9. The van der Waals surface area contributed by atoms with E-state index < -0.39 is 16.8 Å². The normalized spacial score (nSPS) is 11.1. The van der Waals surface area contributed by atoms with E-state index in [0.717, 1.165) is 17.4 Å². The van der Waals surface area contributed by atoms with Crippen molar-refractivity contribution in [1.29, 1.82) is 0 Å². The smallest absolute Gasteiger partial charge is 0.300 e. The van der Waals surface area contributed by atoms with E-state index in [2.05, 4.69) is 0 Å². The lowest BCUT2D eigenvalue weighted by Gasteiger charge is -1.97. The van der Waals surface area contributed by atoms with E-state index in [4.69, 9.17) is 15.0 Å². The monoisotopic (exact) mass is 230 g/mol. The molecule has 2 N–H and O–H groups in total. The molecule has 4 nitrogen and oxygen atoms in total. The van der Waals surface area contributed by atoms with Crippen molar-refractivity contribution in [2.45, 2.75) is 18.4 Å². The van der Waals surface area contributed by atoms with Crippen LogP contribution in [0.25, 0.3) is 0 Å². The minimum Gasteiger partial charge on any atom is -0.481 e. The van der Waals surface area contributed by atoms with Crippen molar-refractivity contribution >= 4 is 16.8 Å². The molecule has 0 aromatic heterocycles. The second-order valence-corrected chi connectivity index (χ2v) is 4.15. The number of carboxylic acids is 1. The molecule has 0 fully saturated rings. The number of carboxylic acid groups (broad SMARTS) is 1. The Bertz CT molecular complexity index is 328. The highest BCUT2D eigenvalue weighted by molar-refractivity contribution is 7.84. The SMILES string of the molecule is CC(=O)O.CS(=O)c1ccc(CO)cc1. The predicted octanol–water partition coefficient (Wildman–Crippen LogP) is 1.01. The molecule has 0 radical (unpaired) electrons. The third kappa shape index (κ3) is 6.82. The molecule has 84 valence electrons.